The van der Waals surface area contributed by atoms with E-state index in [1.165, 1.54) is 13.1 Å². The lowest BCUT2D eigenvalue weighted by molar-refractivity contribution is 0.00628. The summed E-state index contributed by atoms with van der Waals surface area (Å²) >= 11 is 0. The lowest BCUT2D eigenvalue weighted by Crippen LogP contribution is -2.48. The Balaban J connectivity index is 0.000000861. The van der Waals surface area contributed by atoms with E-state index in [0.717, 1.165) is 44.2 Å². The topological polar surface area (TPSA) is 15.7 Å². The summed E-state index contributed by atoms with van der Waals surface area (Å²) in [4.78, 5) is 5.31. The highest BCUT2D eigenvalue weighted by molar-refractivity contribution is 4.93. The van der Waals surface area contributed by atoms with Crippen LogP contribution in [0.1, 0.15) is 41.5 Å². The zero-order valence-electron chi connectivity index (χ0n) is 13.9. The number of likely N-dealkylation sites (tertiary alicyclic amines) is 1. The first-order valence-electron chi connectivity index (χ1n) is 8.15. The van der Waals surface area contributed by atoms with Gasteiger partial charge in [0.15, 0.2) is 0 Å². The highest BCUT2D eigenvalue weighted by Gasteiger charge is 2.39. The van der Waals surface area contributed by atoms with Gasteiger partial charge in [0.25, 0.3) is 0 Å². The number of nitrogens with zero attached hydrogens (tertiary/aromatic N) is 2. The lowest BCUT2D eigenvalue weighted by atomic mass is 9.90. The molecule has 19 heavy (non-hydrogen) atoms. The molecule has 0 aliphatic carbocycles. The fraction of sp³-hybridized carbons (Fsp3) is 1.00. The molecule has 2 heterocycles. The Labute approximate surface area is 120 Å². The SMILES string of the molecule is CC.CC(C)C1CN(C(C)C)CC1N1CCOCC1. The van der Waals surface area contributed by atoms with Crippen molar-refractivity contribution < 1.29 is 4.74 Å². The molecule has 0 bridgehead atoms. The summed E-state index contributed by atoms with van der Waals surface area (Å²) in [7, 11) is 0. The van der Waals surface area contributed by atoms with E-state index in [-0.39, 0.29) is 0 Å². The summed E-state index contributed by atoms with van der Waals surface area (Å²) in [5, 5.41) is 0. The summed E-state index contributed by atoms with van der Waals surface area (Å²) in [5.41, 5.74) is 0. The van der Waals surface area contributed by atoms with Gasteiger partial charge in [0.1, 0.15) is 0 Å². The van der Waals surface area contributed by atoms with Crippen molar-refractivity contribution in [2.45, 2.75) is 53.6 Å². The van der Waals surface area contributed by atoms with Crippen molar-refractivity contribution in [3.8, 4) is 0 Å². The maximum Gasteiger partial charge on any atom is 0.0594 e. The van der Waals surface area contributed by atoms with Gasteiger partial charge in [-0.2, -0.15) is 0 Å². The Morgan fingerprint density at radius 1 is 0.947 bits per heavy atom. The first kappa shape index (κ1) is 16.9. The Morgan fingerprint density at radius 2 is 1.53 bits per heavy atom. The van der Waals surface area contributed by atoms with Crippen LogP contribution in [0.2, 0.25) is 0 Å². The average Bonchev–Trinajstić information content (AvgIpc) is 2.87. The third-order valence-electron chi connectivity index (χ3n) is 4.46. The maximum absolute atomic E-state index is 5.47. The molecule has 2 rings (SSSR count). The normalized spacial score (nSPS) is 29.7. The third kappa shape index (κ3) is 4.44. The number of rotatable bonds is 3. The van der Waals surface area contributed by atoms with Crippen LogP contribution < -0.4 is 0 Å². The zero-order valence-corrected chi connectivity index (χ0v) is 13.9. The average molecular weight is 270 g/mol. The summed E-state index contributed by atoms with van der Waals surface area (Å²) in [5.74, 6) is 1.61. The van der Waals surface area contributed by atoms with E-state index in [0.29, 0.717) is 6.04 Å². The Kier molecular flexibility index (Phi) is 7.33. The molecule has 0 aromatic rings. The second-order valence-electron chi connectivity index (χ2n) is 6.17. The van der Waals surface area contributed by atoms with Crippen LogP contribution in [0, 0.1) is 11.8 Å². The molecule has 0 N–H and O–H groups in total. The molecule has 0 saturated carbocycles. The van der Waals surface area contributed by atoms with Gasteiger partial charge >= 0.3 is 0 Å². The van der Waals surface area contributed by atoms with Crippen molar-refractivity contribution in [2.24, 2.45) is 11.8 Å². The molecule has 0 spiro atoms. The fourth-order valence-corrected chi connectivity index (χ4v) is 3.21. The first-order valence-corrected chi connectivity index (χ1v) is 8.15. The summed E-state index contributed by atoms with van der Waals surface area (Å²) < 4.78 is 5.47. The van der Waals surface area contributed by atoms with Crippen LogP contribution in [0.15, 0.2) is 0 Å². The van der Waals surface area contributed by atoms with Crippen LogP contribution in [0.3, 0.4) is 0 Å². The molecular weight excluding hydrogens is 236 g/mol. The van der Waals surface area contributed by atoms with Gasteiger partial charge in [0, 0.05) is 38.3 Å². The van der Waals surface area contributed by atoms with Crippen molar-refractivity contribution >= 4 is 0 Å². The third-order valence-corrected chi connectivity index (χ3v) is 4.46. The monoisotopic (exact) mass is 270 g/mol. The van der Waals surface area contributed by atoms with E-state index < -0.39 is 0 Å². The highest BCUT2D eigenvalue weighted by atomic mass is 16.5. The quantitative estimate of drug-likeness (QED) is 0.784. The number of morpholine rings is 1. The predicted molar refractivity (Wildman–Crippen MR) is 82.6 cm³/mol. The van der Waals surface area contributed by atoms with E-state index in [2.05, 4.69) is 37.5 Å². The van der Waals surface area contributed by atoms with E-state index in [1.54, 1.807) is 0 Å². The molecule has 114 valence electrons. The van der Waals surface area contributed by atoms with E-state index in [1.807, 2.05) is 13.8 Å². The van der Waals surface area contributed by atoms with E-state index in [9.17, 15) is 0 Å². The van der Waals surface area contributed by atoms with E-state index in [4.69, 9.17) is 4.74 Å². The van der Waals surface area contributed by atoms with Crippen LogP contribution in [-0.2, 0) is 4.74 Å². The molecule has 2 atom stereocenters. The molecule has 0 aromatic carbocycles. The molecule has 2 saturated heterocycles. The molecular formula is C16H34N2O. The van der Waals surface area contributed by atoms with Gasteiger partial charge in [-0.1, -0.05) is 27.7 Å². The van der Waals surface area contributed by atoms with E-state index >= 15 is 0 Å². The second kappa shape index (κ2) is 8.23. The standard InChI is InChI=1S/C14H28N2O.C2H6/c1-11(2)13-9-16(12(3)4)10-14(13)15-5-7-17-8-6-15;1-2/h11-14H,5-10H2,1-4H3;1-2H3. The van der Waals surface area contributed by atoms with Gasteiger partial charge in [0.05, 0.1) is 13.2 Å². The smallest absolute Gasteiger partial charge is 0.0594 e. The molecule has 0 aromatic heterocycles. The predicted octanol–water partition coefficient (Wildman–Crippen LogP) is 2.71. The molecule has 2 aliphatic rings. The van der Waals surface area contributed by atoms with Gasteiger partial charge in [0.2, 0.25) is 0 Å². The first-order chi connectivity index (χ1) is 9.09. The zero-order chi connectivity index (χ0) is 14.4. The van der Waals surface area contributed by atoms with Crippen LogP contribution in [0.4, 0.5) is 0 Å². The maximum atomic E-state index is 5.47. The number of ether oxygens (including phenoxy) is 1. The Morgan fingerprint density at radius 3 is 2.00 bits per heavy atom. The van der Waals surface area contributed by atoms with Gasteiger partial charge in [-0.05, 0) is 25.7 Å². The molecule has 3 heteroatoms. The fourth-order valence-electron chi connectivity index (χ4n) is 3.21. The largest absolute Gasteiger partial charge is 0.379 e. The number of hydrogen-bond donors (Lipinski definition) is 0. The Bertz CT molecular complexity index is 237. The van der Waals surface area contributed by atoms with Crippen LogP contribution in [-0.4, -0.2) is 61.3 Å². The minimum Gasteiger partial charge on any atom is -0.379 e. The van der Waals surface area contributed by atoms with Gasteiger partial charge in [-0.3, -0.25) is 9.80 Å². The summed E-state index contributed by atoms with van der Waals surface area (Å²) in [6.45, 7) is 20.0. The van der Waals surface area contributed by atoms with Crippen molar-refractivity contribution in [1.29, 1.82) is 0 Å². The van der Waals surface area contributed by atoms with Crippen molar-refractivity contribution in [2.75, 3.05) is 39.4 Å². The Hall–Kier alpha value is -0.120. The van der Waals surface area contributed by atoms with Crippen molar-refractivity contribution in [1.82, 2.24) is 9.80 Å². The molecule has 2 fully saturated rings. The van der Waals surface area contributed by atoms with Crippen molar-refractivity contribution in [3.63, 3.8) is 0 Å². The van der Waals surface area contributed by atoms with Crippen LogP contribution in [0.5, 0.6) is 0 Å². The van der Waals surface area contributed by atoms with Gasteiger partial charge < -0.3 is 4.74 Å². The van der Waals surface area contributed by atoms with Gasteiger partial charge in [-0.25, -0.2) is 0 Å². The minimum absolute atomic E-state index is 0.683. The molecule has 0 amide bonds. The second-order valence-corrected chi connectivity index (χ2v) is 6.17. The van der Waals surface area contributed by atoms with Crippen molar-refractivity contribution in [3.05, 3.63) is 0 Å². The minimum atomic E-state index is 0.683. The molecule has 3 nitrogen and oxygen atoms in total. The number of hydrogen-bond acceptors (Lipinski definition) is 3. The van der Waals surface area contributed by atoms with Crippen LogP contribution in [0.25, 0.3) is 0 Å². The molecule has 0 radical (unpaired) electrons. The molecule has 2 aliphatic heterocycles. The lowest BCUT2D eigenvalue weighted by Gasteiger charge is -2.36. The van der Waals surface area contributed by atoms with Crippen LogP contribution >= 0.6 is 0 Å². The summed E-state index contributed by atoms with van der Waals surface area (Å²) in [6, 6.07) is 1.43. The highest BCUT2D eigenvalue weighted by Crippen LogP contribution is 2.29. The summed E-state index contributed by atoms with van der Waals surface area (Å²) in [6.07, 6.45) is 0. The van der Waals surface area contributed by atoms with Gasteiger partial charge in [-0.15, -0.1) is 0 Å². The molecule has 2 unspecified atom stereocenters.